The Hall–Kier alpha value is -1.06. The fourth-order valence-corrected chi connectivity index (χ4v) is 2.46. The lowest BCUT2D eigenvalue weighted by Gasteiger charge is -2.28. The first-order valence-corrected chi connectivity index (χ1v) is 6.39. The highest BCUT2D eigenvalue weighted by atomic mass is 16.5. The van der Waals surface area contributed by atoms with Gasteiger partial charge in [0.25, 0.3) is 0 Å². The molecule has 3 rings (SSSR count). The van der Waals surface area contributed by atoms with E-state index in [1.165, 1.54) is 5.56 Å². The molecule has 0 aromatic heterocycles. The quantitative estimate of drug-likeness (QED) is 0.834. The average molecular weight is 233 g/mol. The van der Waals surface area contributed by atoms with Gasteiger partial charge in [0, 0.05) is 36.6 Å². The number of aliphatic hydroxyl groups is 1. The molecule has 0 radical (unpaired) electrons. The van der Waals surface area contributed by atoms with Gasteiger partial charge >= 0.3 is 0 Å². The van der Waals surface area contributed by atoms with Crippen molar-refractivity contribution in [2.45, 2.75) is 25.3 Å². The molecule has 3 nitrogen and oxygen atoms in total. The van der Waals surface area contributed by atoms with Crippen LogP contribution in [0.2, 0.25) is 0 Å². The Labute approximate surface area is 102 Å². The molecule has 0 spiro atoms. The average Bonchev–Trinajstić information content (AvgIpc) is 3.17. The third-order valence-electron chi connectivity index (χ3n) is 3.97. The molecule has 1 aliphatic heterocycles. The Morgan fingerprint density at radius 3 is 2.94 bits per heavy atom. The van der Waals surface area contributed by atoms with Crippen LogP contribution in [0.4, 0.5) is 0 Å². The van der Waals surface area contributed by atoms with Crippen LogP contribution < -0.4 is 10.1 Å². The molecule has 0 bridgehead atoms. The van der Waals surface area contributed by atoms with Crippen LogP contribution in [0.5, 0.6) is 5.75 Å². The molecule has 1 aliphatic carbocycles. The molecule has 17 heavy (non-hydrogen) atoms. The molecule has 2 N–H and O–H groups in total. The first-order chi connectivity index (χ1) is 8.33. The Morgan fingerprint density at radius 2 is 2.18 bits per heavy atom. The summed E-state index contributed by atoms with van der Waals surface area (Å²) >= 11 is 0. The van der Waals surface area contributed by atoms with E-state index in [0.717, 1.165) is 38.2 Å². The molecule has 1 unspecified atom stereocenters. The van der Waals surface area contributed by atoms with Gasteiger partial charge in [-0.15, -0.1) is 0 Å². The van der Waals surface area contributed by atoms with Gasteiger partial charge in [-0.25, -0.2) is 0 Å². The Morgan fingerprint density at radius 1 is 1.35 bits per heavy atom. The first-order valence-electron chi connectivity index (χ1n) is 6.39. The van der Waals surface area contributed by atoms with Gasteiger partial charge in [-0.05, 0) is 18.9 Å². The van der Waals surface area contributed by atoms with Crippen LogP contribution in [0, 0.1) is 5.41 Å². The summed E-state index contributed by atoms with van der Waals surface area (Å²) in [4.78, 5) is 0. The number of nitrogens with one attached hydrogen (secondary N) is 1. The lowest BCUT2D eigenvalue weighted by Crippen LogP contribution is -2.33. The van der Waals surface area contributed by atoms with E-state index in [1.807, 2.05) is 12.1 Å². The smallest absolute Gasteiger partial charge is 0.124 e. The maximum absolute atomic E-state index is 9.32. The third-order valence-corrected chi connectivity index (χ3v) is 3.97. The summed E-state index contributed by atoms with van der Waals surface area (Å²) in [6, 6.07) is 8.61. The van der Waals surface area contributed by atoms with E-state index in [-0.39, 0.29) is 5.41 Å². The lowest BCUT2D eigenvalue weighted by molar-refractivity contribution is 0.194. The molecule has 1 heterocycles. The molecule has 1 aromatic rings. The molecule has 92 valence electrons. The van der Waals surface area contributed by atoms with Crippen molar-refractivity contribution in [1.29, 1.82) is 0 Å². The molecule has 1 fully saturated rings. The highest BCUT2D eigenvalue weighted by molar-refractivity contribution is 5.37. The molecular weight excluding hydrogens is 214 g/mol. The van der Waals surface area contributed by atoms with E-state index in [2.05, 4.69) is 17.4 Å². The number of hydrogen-bond donors (Lipinski definition) is 2. The second kappa shape index (κ2) is 4.31. The van der Waals surface area contributed by atoms with E-state index in [9.17, 15) is 5.11 Å². The van der Waals surface area contributed by atoms with Crippen LogP contribution in [0.25, 0.3) is 0 Å². The number of fused-ring (bicyclic) bond motifs is 1. The van der Waals surface area contributed by atoms with E-state index < -0.39 is 0 Å². The van der Waals surface area contributed by atoms with Crippen LogP contribution in [0.15, 0.2) is 24.3 Å². The Balaban J connectivity index is 1.68. The minimum Gasteiger partial charge on any atom is -0.493 e. The zero-order chi connectivity index (χ0) is 11.7. The zero-order valence-corrected chi connectivity index (χ0v) is 9.98. The SMILES string of the molecule is OCC1(CNC2CCOc3ccccc32)CC1. The summed E-state index contributed by atoms with van der Waals surface area (Å²) in [6.07, 6.45) is 3.32. The maximum Gasteiger partial charge on any atom is 0.124 e. The van der Waals surface area contributed by atoms with Crippen molar-refractivity contribution in [1.82, 2.24) is 5.32 Å². The minimum absolute atomic E-state index is 0.174. The van der Waals surface area contributed by atoms with E-state index >= 15 is 0 Å². The Kier molecular flexibility index (Phi) is 2.81. The zero-order valence-electron chi connectivity index (χ0n) is 9.98. The van der Waals surface area contributed by atoms with Gasteiger partial charge in [0.1, 0.15) is 5.75 Å². The summed E-state index contributed by atoms with van der Waals surface area (Å²) in [5.41, 5.74) is 1.43. The number of benzene rings is 1. The third kappa shape index (κ3) is 2.17. The molecule has 2 aliphatic rings. The molecule has 1 atom stereocenters. The van der Waals surface area contributed by atoms with Crippen LogP contribution >= 0.6 is 0 Å². The van der Waals surface area contributed by atoms with Crippen molar-refractivity contribution in [3.63, 3.8) is 0 Å². The van der Waals surface area contributed by atoms with Gasteiger partial charge in [0.05, 0.1) is 6.61 Å². The molecule has 0 saturated heterocycles. The molecule has 3 heteroatoms. The van der Waals surface area contributed by atoms with Crippen LogP contribution in [0.1, 0.15) is 30.9 Å². The largest absolute Gasteiger partial charge is 0.493 e. The lowest BCUT2D eigenvalue weighted by atomic mass is 9.99. The van der Waals surface area contributed by atoms with Crippen LogP contribution in [-0.4, -0.2) is 24.9 Å². The van der Waals surface area contributed by atoms with Crippen LogP contribution in [0.3, 0.4) is 0 Å². The fraction of sp³-hybridized carbons (Fsp3) is 0.571. The number of aliphatic hydroxyl groups excluding tert-OH is 1. The molecule has 1 saturated carbocycles. The summed E-state index contributed by atoms with van der Waals surface area (Å²) in [5, 5.41) is 12.9. The van der Waals surface area contributed by atoms with Gasteiger partial charge in [-0.1, -0.05) is 18.2 Å². The molecule has 1 aromatic carbocycles. The summed E-state index contributed by atoms with van der Waals surface area (Å²) in [7, 11) is 0. The normalized spacial score (nSPS) is 24.9. The minimum atomic E-state index is 0.174. The predicted octanol–water partition coefficient (Wildman–Crippen LogP) is 1.87. The van der Waals surface area contributed by atoms with Gasteiger partial charge in [0.15, 0.2) is 0 Å². The van der Waals surface area contributed by atoms with Crippen LogP contribution in [-0.2, 0) is 0 Å². The molecule has 0 amide bonds. The first kappa shape index (κ1) is 11.1. The molecular formula is C14H19NO2. The Bertz CT molecular complexity index is 401. The van der Waals surface area contributed by atoms with E-state index in [0.29, 0.717) is 12.6 Å². The standard InChI is InChI=1S/C14H19NO2/c16-10-14(6-7-14)9-15-12-5-8-17-13-4-2-1-3-11(12)13/h1-4,12,15-16H,5-10H2. The number of hydrogen-bond acceptors (Lipinski definition) is 3. The second-order valence-electron chi connectivity index (χ2n) is 5.27. The van der Waals surface area contributed by atoms with Gasteiger partial charge in [0.2, 0.25) is 0 Å². The number of ether oxygens (including phenoxy) is 1. The van der Waals surface area contributed by atoms with Gasteiger partial charge in [-0.2, -0.15) is 0 Å². The van der Waals surface area contributed by atoms with Gasteiger partial charge in [-0.3, -0.25) is 0 Å². The summed E-state index contributed by atoms with van der Waals surface area (Å²) in [5.74, 6) is 1.00. The monoisotopic (exact) mass is 233 g/mol. The van der Waals surface area contributed by atoms with E-state index in [1.54, 1.807) is 0 Å². The highest BCUT2D eigenvalue weighted by Gasteiger charge is 2.42. The number of para-hydroxylation sites is 1. The topological polar surface area (TPSA) is 41.5 Å². The van der Waals surface area contributed by atoms with Crippen molar-refractivity contribution < 1.29 is 9.84 Å². The number of rotatable bonds is 4. The fourth-order valence-electron chi connectivity index (χ4n) is 2.46. The van der Waals surface area contributed by atoms with Crippen molar-refractivity contribution in [3.8, 4) is 5.75 Å². The van der Waals surface area contributed by atoms with Crippen molar-refractivity contribution >= 4 is 0 Å². The summed E-state index contributed by atoms with van der Waals surface area (Å²) < 4.78 is 5.64. The van der Waals surface area contributed by atoms with Crippen molar-refractivity contribution in [2.24, 2.45) is 5.41 Å². The maximum atomic E-state index is 9.32. The van der Waals surface area contributed by atoms with E-state index in [4.69, 9.17) is 4.74 Å². The highest BCUT2D eigenvalue weighted by Crippen LogP contribution is 2.45. The van der Waals surface area contributed by atoms with Crippen molar-refractivity contribution in [3.05, 3.63) is 29.8 Å². The summed E-state index contributed by atoms with van der Waals surface area (Å²) in [6.45, 7) is 2.01. The second-order valence-corrected chi connectivity index (χ2v) is 5.27. The van der Waals surface area contributed by atoms with Crippen molar-refractivity contribution in [2.75, 3.05) is 19.8 Å². The van der Waals surface area contributed by atoms with Gasteiger partial charge < -0.3 is 15.2 Å². The predicted molar refractivity (Wildman–Crippen MR) is 66.1 cm³/mol.